The van der Waals surface area contributed by atoms with Crippen LogP contribution in [0.2, 0.25) is 0 Å². The van der Waals surface area contributed by atoms with Gasteiger partial charge in [0.2, 0.25) is 0 Å². The molecule has 7 heteroatoms. The van der Waals surface area contributed by atoms with Crippen molar-refractivity contribution in [3.05, 3.63) is 40.4 Å². The summed E-state index contributed by atoms with van der Waals surface area (Å²) in [6, 6.07) is 0. The fourth-order valence-electron chi connectivity index (χ4n) is 2.18. The van der Waals surface area contributed by atoms with Crippen molar-refractivity contribution < 1.29 is 4.79 Å². The van der Waals surface area contributed by atoms with Crippen LogP contribution in [-0.4, -0.2) is 37.4 Å². The van der Waals surface area contributed by atoms with Gasteiger partial charge < -0.3 is 4.90 Å². The molecule has 3 aromatic rings. The molecule has 0 aliphatic carbocycles. The van der Waals surface area contributed by atoms with Crippen LogP contribution < -0.4 is 0 Å². The number of carbonyl (C=O) groups is 1. The fraction of sp³-hybridized carbons (Fsp3) is 0.308. The third-order valence-electron chi connectivity index (χ3n) is 3.22. The molecule has 0 saturated heterocycles. The largest absolute Gasteiger partial charge is 0.336 e. The van der Waals surface area contributed by atoms with Gasteiger partial charge in [-0.2, -0.15) is 5.10 Å². The lowest BCUT2D eigenvalue weighted by atomic mass is 10.2. The third-order valence-corrected chi connectivity index (χ3v) is 4.12. The molecular weight excluding hydrogens is 274 g/mol. The first-order valence-corrected chi connectivity index (χ1v) is 7.06. The van der Waals surface area contributed by atoms with E-state index in [-0.39, 0.29) is 5.91 Å². The van der Waals surface area contributed by atoms with Crippen molar-refractivity contribution >= 4 is 22.2 Å². The highest BCUT2D eigenvalue weighted by atomic mass is 32.1. The van der Waals surface area contributed by atoms with Crippen molar-refractivity contribution in [2.45, 2.75) is 20.4 Å². The van der Waals surface area contributed by atoms with E-state index in [0.29, 0.717) is 12.1 Å². The van der Waals surface area contributed by atoms with Crippen LogP contribution in [0.25, 0.3) is 4.96 Å². The molecule has 0 saturated carbocycles. The molecule has 1 N–H and O–H groups in total. The molecule has 0 aliphatic rings. The number of aromatic amines is 1. The van der Waals surface area contributed by atoms with Crippen molar-refractivity contribution in [1.29, 1.82) is 0 Å². The van der Waals surface area contributed by atoms with E-state index in [9.17, 15) is 4.79 Å². The molecule has 1 amide bonds. The van der Waals surface area contributed by atoms with Gasteiger partial charge in [0, 0.05) is 24.3 Å². The van der Waals surface area contributed by atoms with Gasteiger partial charge in [0.05, 0.1) is 29.7 Å². The first kappa shape index (κ1) is 12.9. The van der Waals surface area contributed by atoms with Gasteiger partial charge in [-0.05, 0) is 13.8 Å². The number of hydrogen-bond acceptors (Lipinski definition) is 4. The third kappa shape index (κ3) is 2.09. The minimum absolute atomic E-state index is 0.0555. The molecule has 0 aromatic carbocycles. The number of carbonyl (C=O) groups excluding carboxylic acids is 1. The lowest BCUT2D eigenvalue weighted by Gasteiger charge is -2.16. The van der Waals surface area contributed by atoms with E-state index in [4.69, 9.17) is 0 Å². The monoisotopic (exact) mass is 289 g/mol. The number of nitrogens with one attached hydrogen (secondary N) is 1. The molecule has 0 atom stereocenters. The Balaban J connectivity index is 1.89. The highest BCUT2D eigenvalue weighted by Gasteiger charge is 2.17. The second kappa shape index (κ2) is 4.75. The summed E-state index contributed by atoms with van der Waals surface area (Å²) < 4.78 is 2.06. The summed E-state index contributed by atoms with van der Waals surface area (Å²) in [5, 5.41) is 6.46. The molecule has 0 bridgehead atoms. The minimum Gasteiger partial charge on any atom is -0.336 e. The SMILES string of the molecule is Cc1cn2c(CN(C)C(=O)c3cn[nH]c3)c(C)nc2s1. The predicted molar refractivity (Wildman–Crippen MR) is 76.9 cm³/mol. The standard InChI is InChI=1S/C13H15N5OS/c1-8-6-18-11(9(2)16-13(18)20-8)7-17(3)12(19)10-4-14-15-5-10/h4-6H,7H2,1-3H3,(H,14,15). The molecule has 0 spiro atoms. The number of imidazole rings is 1. The van der Waals surface area contributed by atoms with E-state index in [2.05, 4.69) is 32.7 Å². The summed E-state index contributed by atoms with van der Waals surface area (Å²) in [5.74, 6) is -0.0555. The van der Waals surface area contributed by atoms with Gasteiger partial charge in [0.15, 0.2) is 4.96 Å². The summed E-state index contributed by atoms with van der Waals surface area (Å²) in [4.78, 5) is 20.6. The number of hydrogen-bond donors (Lipinski definition) is 1. The summed E-state index contributed by atoms with van der Waals surface area (Å²) in [5.41, 5.74) is 2.57. The van der Waals surface area contributed by atoms with Gasteiger partial charge in [0.25, 0.3) is 5.91 Å². The van der Waals surface area contributed by atoms with Gasteiger partial charge in [0.1, 0.15) is 0 Å². The van der Waals surface area contributed by atoms with Crippen LogP contribution in [0.3, 0.4) is 0 Å². The Hall–Kier alpha value is -2.15. The Bertz CT molecular complexity index is 755. The van der Waals surface area contributed by atoms with Crippen LogP contribution >= 0.6 is 11.3 Å². The van der Waals surface area contributed by atoms with E-state index >= 15 is 0 Å². The number of thiazole rings is 1. The highest BCUT2D eigenvalue weighted by Crippen LogP contribution is 2.21. The number of aromatic nitrogens is 4. The van der Waals surface area contributed by atoms with Crippen molar-refractivity contribution in [3.8, 4) is 0 Å². The quantitative estimate of drug-likeness (QED) is 0.802. The Kier molecular flexibility index (Phi) is 3.06. The van der Waals surface area contributed by atoms with E-state index in [1.807, 2.05) is 6.92 Å². The van der Waals surface area contributed by atoms with Crippen molar-refractivity contribution in [2.24, 2.45) is 0 Å². The van der Waals surface area contributed by atoms with Crippen molar-refractivity contribution in [1.82, 2.24) is 24.5 Å². The zero-order chi connectivity index (χ0) is 14.3. The first-order valence-electron chi connectivity index (χ1n) is 6.24. The zero-order valence-electron chi connectivity index (χ0n) is 11.5. The first-order chi connectivity index (χ1) is 9.56. The number of fused-ring (bicyclic) bond motifs is 1. The lowest BCUT2D eigenvalue weighted by molar-refractivity contribution is 0.0783. The Morgan fingerprint density at radius 3 is 3.00 bits per heavy atom. The van der Waals surface area contributed by atoms with Crippen LogP contribution in [0, 0.1) is 13.8 Å². The smallest absolute Gasteiger partial charge is 0.257 e. The van der Waals surface area contributed by atoms with Gasteiger partial charge >= 0.3 is 0 Å². The van der Waals surface area contributed by atoms with Gasteiger partial charge in [-0.3, -0.25) is 14.3 Å². The average molecular weight is 289 g/mol. The minimum atomic E-state index is -0.0555. The number of nitrogens with zero attached hydrogens (tertiary/aromatic N) is 4. The van der Waals surface area contributed by atoms with E-state index in [0.717, 1.165) is 16.3 Å². The molecule has 6 nitrogen and oxygen atoms in total. The van der Waals surface area contributed by atoms with Gasteiger partial charge in [-0.1, -0.05) is 0 Å². The van der Waals surface area contributed by atoms with Crippen LogP contribution in [0.4, 0.5) is 0 Å². The number of aryl methyl sites for hydroxylation is 2. The lowest BCUT2D eigenvalue weighted by Crippen LogP contribution is -2.26. The van der Waals surface area contributed by atoms with Crippen molar-refractivity contribution in [2.75, 3.05) is 7.05 Å². The van der Waals surface area contributed by atoms with Crippen LogP contribution in [0.5, 0.6) is 0 Å². The van der Waals surface area contributed by atoms with Crippen LogP contribution in [0.15, 0.2) is 18.6 Å². The molecule has 3 aromatic heterocycles. The average Bonchev–Trinajstić information content (AvgIpc) is 3.08. The number of rotatable bonds is 3. The summed E-state index contributed by atoms with van der Waals surface area (Å²) in [7, 11) is 1.79. The zero-order valence-corrected chi connectivity index (χ0v) is 12.4. The van der Waals surface area contributed by atoms with Gasteiger partial charge in [-0.15, -0.1) is 11.3 Å². The molecule has 0 fully saturated rings. The van der Waals surface area contributed by atoms with Crippen LogP contribution in [-0.2, 0) is 6.54 Å². The molecule has 3 heterocycles. The molecule has 0 aliphatic heterocycles. The number of amides is 1. The molecule has 0 radical (unpaired) electrons. The Morgan fingerprint density at radius 1 is 1.50 bits per heavy atom. The molecule has 20 heavy (non-hydrogen) atoms. The van der Waals surface area contributed by atoms with E-state index in [1.54, 1.807) is 29.5 Å². The number of H-pyrrole nitrogens is 1. The maximum atomic E-state index is 12.2. The maximum Gasteiger partial charge on any atom is 0.257 e. The normalized spacial score (nSPS) is 11.2. The summed E-state index contributed by atoms with van der Waals surface area (Å²) in [6.45, 7) is 4.55. The second-order valence-electron chi connectivity index (χ2n) is 4.79. The topological polar surface area (TPSA) is 66.3 Å². The van der Waals surface area contributed by atoms with E-state index < -0.39 is 0 Å². The summed E-state index contributed by atoms with van der Waals surface area (Å²) in [6.07, 6.45) is 5.20. The Labute approximate surface area is 120 Å². The molecule has 0 unspecified atom stereocenters. The van der Waals surface area contributed by atoms with E-state index in [1.165, 1.54) is 11.1 Å². The highest BCUT2D eigenvalue weighted by molar-refractivity contribution is 7.17. The maximum absolute atomic E-state index is 12.2. The Morgan fingerprint density at radius 2 is 2.30 bits per heavy atom. The second-order valence-corrected chi connectivity index (χ2v) is 6.00. The molecular formula is C13H15N5OS. The van der Waals surface area contributed by atoms with Crippen LogP contribution in [0.1, 0.15) is 26.6 Å². The summed E-state index contributed by atoms with van der Waals surface area (Å²) >= 11 is 1.65. The fourth-order valence-corrected chi connectivity index (χ4v) is 3.07. The van der Waals surface area contributed by atoms with Crippen molar-refractivity contribution in [3.63, 3.8) is 0 Å². The molecule has 3 rings (SSSR count). The molecule has 104 valence electrons. The van der Waals surface area contributed by atoms with Gasteiger partial charge in [-0.25, -0.2) is 4.98 Å². The predicted octanol–water partition coefficient (Wildman–Crippen LogP) is 2.01.